The van der Waals surface area contributed by atoms with Gasteiger partial charge in [-0.2, -0.15) is 0 Å². The van der Waals surface area contributed by atoms with Gasteiger partial charge in [-0.05, 0) is 74.1 Å². The molecule has 0 radical (unpaired) electrons. The molecule has 2 aromatic heterocycles. The second-order valence-corrected chi connectivity index (χ2v) is 11.7. The number of nitrogens with zero attached hydrogens (tertiary/aromatic N) is 4. The molecule has 7 heteroatoms. The Kier molecular flexibility index (Phi) is 6.34. The lowest BCUT2D eigenvalue weighted by Gasteiger charge is -2.34. The monoisotopic (exact) mass is 522 g/mol. The molecule has 4 heterocycles. The van der Waals surface area contributed by atoms with E-state index in [-0.39, 0.29) is 17.9 Å². The van der Waals surface area contributed by atoms with Gasteiger partial charge >= 0.3 is 0 Å². The molecule has 2 aliphatic heterocycles. The number of pyridine rings is 2. The van der Waals surface area contributed by atoms with E-state index >= 15 is 0 Å². The average Bonchev–Trinajstić information content (AvgIpc) is 3.66. The van der Waals surface area contributed by atoms with Gasteiger partial charge in [-0.15, -0.1) is 0 Å². The molecule has 3 aliphatic rings. The van der Waals surface area contributed by atoms with Crippen LogP contribution in [0.3, 0.4) is 0 Å². The molecule has 1 aromatic carbocycles. The number of anilines is 1. The van der Waals surface area contributed by atoms with Crippen LogP contribution in [0.4, 0.5) is 5.69 Å². The van der Waals surface area contributed by atoms with Gasteiger partial charge in [-0.25, -0.2) is 0 Å². The zero-order valence-electron chi connectivity index (χ0n) is 22.7. The highest BCUT2D eigenvalue weighted by atomic mass is 16.3. The third kappa shape index (κ3) is 4.76. The van der Waals surface area contributed by atoms with Crippen LogP contribution in [0.5, 0.6) is 0 Å². The summed E-state index contributed by atoms with van der Waals surface area (Å²) in [6, 6.07) is 11.9. The number of amides is 2. The van der Waals surface area contributed by atoms with E-state index in [4.69, 9.17) is 0 Å². The largest absolute Gasteiger partial charge is 0.388 e. The molecule has 0 saturated carbocycles. The van der Waals surface area contributed by atoms with Gasteiger partial charge < -0.3 is 14.9 Å². The molecule has 2 atom stereocenters. The Hall–Kier alpha value is -3.84. The minimum Gasteiger partial charge on any atom is -0.388 e. The zero-order chi connectivity index (χ0) is 27.3. The molecule has 1 N–H and O–H groups in total. The third-order valence-corrected chi connectivity index (χ3v) is 8.25. The predicted octanol–water partition coefficient (Wildman–Crippen LogP) is 4.88. The van der Waals surface area contributed by atoms with E-state index in [1.165, 1.54) is 0 Å². The fourth-order valence-corrected chi connectivity index (χ4v) is 6.24. The molecular weight excluding hydrogens is 488 g/mol. The maximum absolute atomic E-state index is 13.6. The molecule has 2 saturated heterocycles. The van der Waals surface area contributed by atoms with Gasteiger partial charge in [-0.1, -0.05) is 19.1 Å². The average molecular weight is 523 g/mol. The molecule has 2 amide bonds. The van der Waals surface area contributed by atoms with Crippen molar-refractivity contribution in [1.82, 2.24) is 14.9 Å². The summed E-state index contributed by atoms with van der Waals surface area (Å²) < 4.78 is 0. The zero-order valence-corrected chi connectivity index (χ0v) is 22.7. The second-order valence-electron chi connectivity index (χ2n) is 11.7. The lowest BCUT2D eigenvalue weighted by atomic mass is 9.94. The van der Waals surface area contributed by atoms with E-state index in [1.54, 1.807) is 20.0 Å². The SMILES string of the molecule is C[C@@H]1C[C@@H](C(C)(C)O)N(C(=O)C2=Cc3c(-c4cncc(-c5ccc(N6CCCC6=O)cc5)c4)ccnc3C2)C1. The highest BCUT2D eigenvalue weighted by Crippen LogP contribution is 2.37. The van der Waals surface area contributed by atoms with Crippen LogP contribution in [-0.2, 0) is 16.0 Å². The van der Waals surface area contributed by atoms with Crippen LogP contribution in [-0.4, -0.2) is 56.5 Å². The highest BCUT2D eigenvalue weighted by molar-refractivity contribution is 6.02. The summed E-state index contributed by atoms with van der Waals surface area (Å²) in [5.41, 5.74) is 6.48. The summed E-state index contributed by atoms with van der Waals surface area (Å²) in [5, 5.41) is 10.7. The molecule has 0 unspecified atom stereocenters. The summed E-state index contributed by atoms with van der Waals surface area (Å²) >= 11 is 0. The van der Waals surface area contributed by atoms with E-state index in [0.717, 1.165) is 58.6 Å². The minimum atomic E-state index is -0.954. The van der Waals surface area contributed by atoms with Crippen LogP contribution in [0.25, 0.3) is 28.3 Å². The Morgan fingerprint density at radius 3 is 2.56 bits per heavy atom. The van der Waals surface area contributed by atoms with Gasteiger partial charge in [0.2, 0.25) is 5.91 Å². The number of likely N-dealkylation sites (tertiary alicyclic amines) is 1. The van der Waals surface area contributed by atoms with Gasteiger partial charge in [0.25, 0.3) is 5.91 Å². The number of benzene rings is 1. The smallest absolute Gasteiger partial charge is 0.250 e. The lowest BCUT2D eigenvalue weighted by Crippen LogP contribution is -2.48. The molecule has 200 valence electrons. The standard InChI is InChI=1S/C32H34N4O3/c1-20-13-29(32(2,3)39)36(19-20)31(38)22-15-27-26(10-11-34-28(27)16-22)24-14-23(17-33-18-24)21-6-8-25(9-7-21)35-12-4-5-30(35)37/h6-11,14-15,17-18,20,29,39H,4-5,12-13,16,19H2,1-3H3/t20-,29+/m1/s1. The molecule has 0 spiro atoms. The van der Waals surface area contributed by atoms with E-state index < -0.39 is 5.60 Å². The van der Waals surface area contributed by atoms with Gasteiger partial charge in [0.05, 0.1) is 17.3 Å². The van der Waals surface area contributed by atoms with Crippen molar-refractivity contribution in [2.75, 3.05) is 18.0 Å². The lowest BCUT2D eigenvalue weighted by molar-refractivity contribution is -0.132. The van der Waals surface area contributed by atoms with Gasteiger partial charge in [-0.3, -0.25) is 19.6 Å². The van der Waals surface area contributed by atoms with E-state index in [0.29, 0.717) is 30.9 Å². The van der Waals surface area contributed by atoms with Gasteiger partial charge in [0, 0.05) is 72.5 Å². The van der Waals surface area contributed by atoms with Crippen LogP contribution in [0.2, 0.25) is 0 Å². The summed E-state index contributed by atoms with van der Waals surface area (Å²) in [7, 11) is 0. The van der Waals surface area contributed by atoms with Crippen molar-refractivity contribution < 1.29 is 14.7 Å². The Labute approximate surface area is 229 Å². The van der Waals surface area contributed by atoms with Crippen LogP contribution >= 0.6 is 0 Å². The normalized spacial score (nSPS) is 20.9. The van der Waals surface area contributed by atoms with Crippen molar-refractivity contribution in [2.45, 2.75) is 58.1 Å². The molecule has 7 nitrogen and oxygen atoms in total. The van der Waals surface area contributed by atoms with Gasteiger partial charge in [0.15, 0.2) is 0 Å². The first-order valence-corrected chi connectivity index (χ1v) is 13.8. The van der Waals surface area contributed by atoms with Crippen LogP contribution < -0.4 is 4.90 Å². The number of rotatable bonds is 5. The van der Waals surface area contributed by atoms with E-state index in [1.807, 2.05) is 58.6 Å². The molecular formula is C32H34N4O3. The van der Waals surface area contributed by atoms with Crippen LogP contribution in [0, 0.1) is 5.92 Å². The molecule has 39 heavy (non-hydrogen) atoms. The molecule has 0 bridgehead atoms. The molecule has 1 aliphatic carbocycles. The number of aliphatic hydroxyl groups is 1. The number of carbonyl (C=O) groups is 2. The molecule has 6 rings (SSSR count). The van der Waals surface area contributed by atoms with E-state index in [9.17, 15) is 14.7 Å². The van der Waals surface area contributed by atoms with Crippen molar-refractivity contribution in [3.63, 3.8) is 0 Å². The first-order valence-electron chi connectivity index (χ1n) is 13.8. The Morgan fingerprint density at radius 2 is 1.85 bits per heavy atom. The molecule has 2 fully saturated rings. The number of fused-ring (bicyclic) bond motifs is 1. The third-order valence-electron chi connectivity index (χ3n) is 8.25. The number of hydrogen-bond acceptors (Lipinski definition) is 5. The predicted molar refractivity (Wildman–Crippen MR) is 152 cm³/mol. The van der Waals surface area contributed by atoms with E-state index in [2.05, 4.69) is 23.0 Å². The topological polar surface area (TPSA) is 86.6 Å². The number of hydrogen-bond donors (Lipinski definition) is 1. The van der Waals surface area contributed by atoms with Crippen molar-refractivity contribution in [3.05, 3.63) is 71.8 Å². The summed E-state index contributed by atoms with van der Waals surface area (Å²) in [6.45, 7) is 7.12. The quantitative estimate of drug-likeness (QED) is 0.516. The van der Waals surface area contributed by atoms with Crippen molar-refractivity contribution in [3.8, 4) is 22.3 Å². The Bertz CT molecular complexity index is 1470. The number of aromatic nitrogens is 2. The van der Waals surface area contributed by atoms with Gasteiger partial charge in [0.1, 0.15) is 0 Å². The second kappa shape index (κ2) is 9.72. The van der Waals surface area contributed by atoms with Crippen LogP contribution in [0.15, 0.2) is 60.6 Å². The maximum Gasteiger partial charge on any atom is 0.250 e. The number of carbonyl (C=O) groups excluding carboxylic acids is 2. The van der Waals surface area contributed by atoms with Crippen molar-refractivity contribution >= 4 is 23.6 Å². The Balaban J connectivity index is 1.28. The van der Waals surface area contributed by atoms with Crippen molar-refractivity contribution in [2.24, 2.45) is 5.92 Å². The first kappa shape index (κ1) is 25.4. The summed E-state index contributed by atoms with van der Waals surface area (Å²) in [6.07, 6.45) is 10.3. The summed E-state index contributed by atoms with van der Waals surface area (Å²) in [5.74, 6) is 0.514. The Morgan fingerprint density at radius 1 is 1.08 bits per heavy atom. The first-order chi connectivity index (χ1) is 18.7. The minimum absolute atomic E-state index is 0.0149. The fourth-order valence-electron chi connectivity index (χ4n) is 6.24. The maximum atomic E-state index is 13.6. The van der Waals surface area contributed by atoms with Crippen LogP contribution in [0.1, 0.15) is 51.3 Å². The highest BCUT2D eigenvalue weighted by Gasteiger charge is 2.42. The van der Waals surface area contributed by atoms with Crippen molar-refractivity contribution in [1.29, 1.82) is 0 Å². The summed E-state index contributed by atoms with van der Waals surface area (Å²) in [4.78, 5) is 38.6. The fraction of sp³-hybridized carbons (Fsp3) is 0.375. The molecule has 3 aromatic rings.